The molecule has 1 saturated heterocycles. The lowest BCUT2D eigenvalue weighted by Gasteiger charge is -2.35. The Morgan fingerprint density at radius 3 is 2.48 bits per heavy atom. The van der Waals surface area contributed by atoms with Gasteiger partial charge in [0.2, 0.25) is 11.8 Å². The van der Waals surface area contributed by atoms with E-state index in [2.05, 4.69) is 10.3 Å². The first-order valence-electron chi connectivity index (χ1n) is 11.2. The molecule has 1 aliphatic heterocycles. The van der Waals surface area contributed by atoms with Gasteiger partial charge in [-0.25, -0.2) is 4.98 Å². The Kier molecular flexibility index (Phi) is 8.57. The fraction of sp³-hybridized carbons (Fsp3) is 0.500. The summed E-state index contributed by atoms with van der Waals surface area (Å²) in [4.78, 5) is 45.9. The maximum atomic E-state index is 12.9. The summed E-state index contributed by atoms with van der Waals surface area (Å²) in [6, 6.07) is 8.94. The SMILES string of the molecule is CC(C)CN(CC(=O)Nc1nc(CC(=O)N2CC(C)OC(C)C2)cs1)C(=O)c1ccccc1. The first-order chi connectivity index (χ1) is 15.7. The predicted molar refractivity (Wildman–Crippen MR) is 128 cm³/mol. The van der Waals surface area contributed by atoms with Gasteiger partial charge >= 0.3 is 0 Å². The monoisotopic (exact) mass is 472 g/mol. The van der Waals surface area contributed by atoms with Crippen molar-refractivity contribution in [1.82, 2.24) is 14.8 Å². The van der Waals surface area contributed by atoms with E-state index in [-0.39, 0.29) is 48.8 Å². The standard InChI is InChI=1S/C24H32N4O4S/c1-16(2)11-28(23(31)19-8-6-5-7-9-19)14-21(29)26-24-25-20(15-33-24)10-22(30)27-12-17(3)32-18(4)13-27/h5-9,15-18H,10-14H2,1-4H3,(H,25,26,29). The number of nitrogens with zero attached hydrogens (tertiary/aromatic N) is 3. The van der Waals surface area contributed by atoms with Gasteiger partial charge in [-0.15, -0.1) is 11.3 Å². The third kappa shape index (κ3) is 7.36. The molecule has 0 saturated carbocycles. The van der Waals surface area contributed by atoms with Gasteiger partial charge in [-0.2, -0.15) is 0 Å². The van der Waals surface area contributed by atoms with Gasteiger partial charge in [0.1, 0.15) is 6.54 Å². The van der Waals surface area contributed by atoms with E-state index in [0.29, 0.717) is 36.0 Å². The zero-order valence-corrected chi connectivity index (χ0v) is 20.4. The molecule has 3 amide bonds. The summed E-state index contributed by atoms with van der Waals surface area (Å²) < 4.78 is 5.68. The molecule has 33 heavy (non-hydrogen) atoms. The second kappa shape index (κ2) is 11.4. The number of morpholine rings is 1. The molecule has 0 spiro atoms. The van der Waals surface area contributed by atoms with Gasteiger partial charge in [0.25, 0.3) is 5.91 Å². The highest BCUT2D eigenvalue weighted by Gasteiger charge is 2.26. The van der Waals surface area contributed by atoms with E-state index in [1.165, 1.54) is 11.3 Å². The van der Waals surface area contributed by atoms with Crippen LogP contribution in [0.3, 0.4) is 0 Å². The maximum Gasteiger partial charge on any atom is 0.254 e. The summed E-state index contributed by atoms with van der Waals surface area (Å²) >= 11 is 1.27. The Morgan fingerprint density at radius 1 is 1.18 bits per heavy atom. The van der Waals surface area contributed by atoms with Crippen LogP contribution >= 0.6 is 11.3 Å². The number of anilines is 1. The van der Waals surface area contributed by atoms with Crippen LogP contribution in [0.4, 0.5) is 5.13 Å². The highest BCUT2D eigenvalue weighted by molar-refractivity contribution is 7.13. The summed E-state index contributed by atoms with van der Waals surface area (Å²) in [7, 11) is 0. The van der Waals surface area contributed by atoms with Crippen molar-refractivity contribution in [3.05, 3.63) is 47.0 Å². The number of hydrogen-bond acceptors (Lipinski definition) is 6. The lowest BCUT2D eigenvalue weighted by molar-refractivity contribution is -0.142. The number of rotatable bonds is 8. The Balaban J connectivity index is 1.57. The molecule has 1 fully saturated rings. The normalized spacial score (nSPS) is 18.3. The van der Waals surface area contributed by atoms with Crippen molar-refractivity contribution < 1.29 is 19.1 Å². The van der Waals surface area contributed by atoms with Gasteiger partial charge in [0.15, 0.2) is 5.13 Å². The zero-order valence-electron chi connectivity index (χ0n) is 19.6. The minimum absolute atomic E-state index is 0.00302. The molecule has 3 rings (SSSR count). The van der Waals surface area contributed by atoms with Crippen LogP contribution in [0.1, 0.15) is 43.7 Å². The zero-order chi connectivity index (χ0) is 24.0. The average Bonchev–Trinajstić information content (AvgIpc) is 3.18. The first-order valence-corrected chi connectivity index (χ1v) is 12.1. The summed E-state index contributed by atoms with van der Waals surface area (Å²) in [5, 5.41) is 4.97. The van der Waals surface area contributed by atoms with Crippen LogP contribution in [0.5, 0.6) is 0 Å². The van der Waals surface area contributed by atoms with Crippen LogP contribution in [0.25, 0.3) is 0 Å². The Hall–Kier alpha value is -2.78. The third-order valence-electron chi connectivity index (χ3n) is 5.13. The highest BCUT2D eigenvalue weighted by atomic mass is 32.1. The Morgan fingerprint density at radius 2 is 1.85 bits per heavy atom. The van der Waals surface area contributed by atoms with Crippen LogP contribution in [-0.4, -0.2) is 70.9 Å². The smallest absolute Gasteiger partial charge is 0.254 e. The molecule has 2 aromatic rings. The molecule has 178 valence electrons. The predicted octanol–water partition coefficient (Wildman–Crippen LogP) is 3.06. The van der Waals surface area contributed by atoms with Crippen LogP contribution < -0.4 is 5.32 Å². The van der Waals surface area contributed by atoms with E-state index < -0.39 is 0 Å². The summed E-state index contributed by atoms with van der Waals surface area (Å²) in [5.41, 5.74) is 1.17. The van der Waals surface area contributed by atoms with Crippen molar-refractivity contribution in [1.29, 1.82) is 0 Å². The lowest BCUT2D eigenvalue weighted by atomic mass is 10.1. The molecule has 2 atom stereocenters. The van der Waals surface area contributed by atoms with Crippen molar-refractivity contribution in [3.63, 3.8) is 0 Å². The summed E-state index contributed by atoms with van der Waals surface area (Å²) in [6.45, 7) is 9.45. The number of aromatic nitrogens is 1. The molecular formula is C24H32N4O4S. The minimum Gasteiger partial charge on any atom is -0.372 e. The lowest BCUT2D eigenvalue weighted by Crippen LogP contribution is -2.48. The molecule has 0 radical (unpaired) electrons. The fourth-order valence-electron chi connectivity index (χ4n) is 3.85. The highest BCUT2D eigenvalue weighted by Crippen LogP contribution is 2.18. The van der Waals surface area contributed by atoms with Gasteiger partial charge in [-0.3, -0.25) is 14.4 Å². The Labute approximate surface area is 198 Å². The molecule has 1 N–H and O–H groups in total. The third-order valence-corrected chi connectivity index (χ3v) is 5.94. The molecule has 0 aliphatic carbocycles. The number of benzene rings is 1. The van der Waals surface area contributed by atoms with E-state index in [0.717, 1.165) is 0 Å². The molecule has 1 aliphatic rings. The van der Waals surface area contributed by atoms with Crippen molar-refractivity contribution >= 4 is 34.2 Å². The number of amides is 3. The minimum atomic E-state index is -0.317. The molecule has 0 bridgehead atoms. The van der Waals surface area contributed by atoms with Crippen molar-refractivity contribution in [2.45, 2.75) is 46.3 Å². The van der Waals surface area contributed by atoms with Crippen LogP contribution in [0.15, 0.2) is 35.7 Å². The molecule has 9 heteroatoms. The average molecular weight is 473 g/mol. The largest absolute Gasteiger partial charge is 0.372 e. The van der Waals surface area contributed by atoms with Gasteiger partial charge in [-0.1, -0.05) is 32.0 Å². The maximum absolute atomic E-state index is 12.9. The second-order valence-electron chi connectivity index (χ2n) is 8.87. The molecule has 1 aromatic carbocycles. The number of nitrogens with one attached hydrogen (secondary N) is 1. The van der Waals surface area contributed by atoms with E-state index in [4.69, 9.17) is 4.74 Å². The van der Waals surface area contributed by atoms with E-state index in [9.17, 15) is 14.4 Å². The molecule has 1 aromatic heterocycles. The molecule has 2 heterocycles. The number of hydrogen-bond donors (Lipinski definition) is 1. The van der Waals surface area contributed by atoms with Gasteiger partial charge < -0.3 is 19.9 Å². The summed E-state index contributed by atoms with van der Waals surface area (Å²) in [6.07, 6.45) is 0.198. The topological polar surface area (TPSA) is 91.8 Å². The van der Waals surface area contributed by atoms with Crippen molar-refractivity contribution in [2.24, 2.45) is 5.92 Å². The van der Waals surface area contributed by atoms with E-state index in [1.54, 1.807) is 39.4 Å². The van der Waals surface area contributed by atoms with Gasteiger partial charge in [0, 0.05) is 30.6 Å². The number of carbonyl (C=O) groups is 3. The van der Waals surface area contributed by atoms with Crippen molar-refractivity contribution in [2.75, 3.05) is 31.5 Å². The Bertz CT molecular complexity index is 952. The number of thiazole rings is 1. The number of carbonyl (C=O) groups excluding carboxylic acids is 3. The second-order valence-corrected chi connectivity index (χ2v) is 9.73. The van der Waals surface area contributed by atoms with Crippen LogP contribution in [-0.2, 0) is 20.7 Å². The molecule has 2 unspecified atom stereocenters. The fourth-order valence-corrected chi connectivity index (χ4v) is 4.58. The number of ether oxygens (including phenoxy) is 1. The quantitative estimate of drug-likeness (QED) is 0.638. The van der Waals surface area contributed by atoms with Crippen molar-refractivity contribution in [3.8, 4) is 0 Å². The van der Waals surface area contributed by atoms with Crippen LogP contribution in [0.2, 0.25) is 0 Å². The van der Waals surface area contributed by atoms with E-state index >= 15 is 0 Å². The summed E-state index contributed by atoms with van der Waals surface area (Å²) in [5.74, 6) is -0.285. The van der Waals surface area contributed by atoms with Gasteiger partial charge in [0.05, 0.1) is 24.3 Å². The van der Waals surface area contributed by atoms with E-state index in [1.807, 2.05) is 33.8 Å². The van der Waals surface area contributed by atoms with Crippen LogP contribution in [0, 0.1) is 5.92 Å². The molecular weight excluding hydrogens is 440 g/mol. The van der Waals surface area contributed by atoms with Gasteiger partial charge in [-0.05, 0) is 31.9 Å². The first kappa shape index (κ1) is 24.9. The molecule has 8 nitrogen and oxygen atoms in total.